The van der Waals surface area contributed by atoms with Gasteiger partial charge in [-0.3, -0.25) is 29.5 Å². The maximum atomic E-state index is 14.7. The van der Waals surface area contributed by atoms with Crippen LogP contribution in [-0.4, -0.2) is 39.5 Å². The zero-order valence-corrected chi connectivity index (χ0v) is 22.1. The largest absolute Gasteiger partial charge is 0.293 e. The monoisotopic (exact) mass is 561 g/mol. The molecule has 4 aromatic carbocycles. The molecule has 2 aliphatic heterocycles. The number of hydrogen-bond acceptors (Lipinski definition) is 7. The van der Waals surface area contributed by atoms with Gasteiger partial charge in [-0.05, 0) is 41.0 Å². The van der Waals surface area contributed by atoms with E-state index in [0.29, 0.717) is 21.7 Å². The van der Waals surface area contributed by atoms with Crippen molar-refractivity contribution in [2.75, 3.05) is 0 Å². The van der Waals surface area contributed by atoms with E-state index in [1.807, 2.05) is 24.3 Å². The van der Waals surface area contributed by atoms with E-state index in [2.05, 4.69) is 0 Å². The molecule has 0 amide bonds. The third-order valence-electron chi connectivity index (χ3n) is 8.44. The number of rotatable bonds is 4. The van der Waals surface area contributed by atoms with E-state index in [-0.39, 0.29) is 22.6 Å². The van der Waals surface area contributed by atoms with Crippen LogP contribution in [0, 0.1) is 15.5 Å². The van der Waals surface area contributed by atoms with Crippen LogP contribution in [0.25, 0.3) is 0 Å². The van der Waals surface area contributed by atoms with Crippen LogP contribution in [0.1, 0.15) is 59.7 Å². The van der Waals surface area contributed by atoms with Crippen molar-refractivity contribution in [2.45, 2.75) is 18.0 Å². The summed E-state index contributed by atoms with van der Waals surface area (Å²) in [6.45, 7) is 0. The number of carbonyl (C=O) groups is 3. The van der Waals surface area contributed by atoms with Gasteiger partial charge < -0.3 is 0 Å². The molecule has 4 aromatic rings. The first kappa shape index (κ1) is 25.0. The van der Waals surface area contributed by atoms with Gasteiger partial charge in [-0.1, -0.05) is 72.3 Å². The number of hydrogen-bond donors (Lipinski definition) is 0. The highest BCUT2D eigenvalue weighted by Crippen LogP contribution is 2.64. The van der Waals surface area contributed by atoms with Gasteiger partial charge in [0.1, 0.15) is 11.5 Å². The van der Waals surface area contributed by atoms with Gasteiger partial charge in [-0.25, -0.2) is 0 Å². The van der Waals surface area contributed by atoms with Gasteiger partial charge in [0, 0.05) is 39.8 Å². The van der Waals surface area contributed by atoms with Crippen LogP contribution in [0.3, 0.4) is 0 Å². The van der Waals surface area contributed by atoms with Crippen molar-refractivity contribution in [3.05, 3.63) is 146 Å². The van der Waals surface area contributed by atoms with Crippen LogP contribution in [-0.2, 0) is 0 Å². The molecule has 0 saturated carbocycles. The van der Waals surface area contributed by atoms with Crippen LogP contribution in [0.2, 0.25) is 5.02 Å². The third-order valence-corrected chi connectivity index (χ3v) is 8.69. The normalized spacial score (nSPS) is 21.5. The average Bonchev–Trinajstić information content (AvgIpc) is 3.43. The van der Waals surface area contributed by atoms with Crippen molar-refractivity contribution in [2.24, 2.45) is 10.5 Å². The first-order valence-corrected chi connectivity index (χ1v) is 13.4. The second-order valence-electron chi connectivity index (χ2n) is 10.4. The van der Waals surface area contributed by atoms with Crippen LogP contribution >= 0.6 is 11.6 Å². The molecule has 9 heteroatoms. The summed E-state index contributed by atoms with van der Waals surface area (Å²) in [7, 11) is 0. The molecule has 0 radical (unpaired) electrons. The standard InChI is InChI=1S/C32H20ClN3O5/c33-21-13-9-19(10-14-21)28(37)27-26(18-11-15-22(16-12-18)36(40)41)32(30(38)24-7-3-4-8-25(24)31(32)39)29-23-6-2-1-5-20(23)17-34-35(27)29/h1-17,26-27,29H/t26-,27+,29?/m1/s1. The smallest absolute Gasteiger partial charge is 0.269 e. The van der Waals surface area contributed by atoms with E-state index in [1.165, 1.54) is 24.3 Å². The summed E-state index contributed by atoms with van der Waals surface area (Å²) in [5.41, 5.74) is 0.926. The summed E-state index contributed by atoms with van der Waals surface area (Å²) in [5, 5.41) is 18.2. The van der Waals surface area contributed by atoms with Crippen molar-refractivity contribution in [1.29, 1.82) is 0 Å². The molecule has 8 nitrogen and oxygen atoms in total. The van der Waals surface area contributed by atoms with Crippen molar-refractivity contribution in [1.82, 2.24) is 5.01 Å². The lowest BCUT2D eigenvalue weighted by molar-refractivity contribution is -0.384. The highest BCUT2D eigenvalue weighted by atomic mass is 35.5. The molecule has 1 aliphatic carbocycles. The van der Waals surface area contributed by atoms with E-state index in [4.69, 9.17) is 16.7 Å². The minimum atomic E-state index is -1.75. The summed E-state index contributed by atoms with van der Waals surface area (Å²) < 4.78 is 0. The predicted octanol–water partition coefficient (Wildman–Crippen LogP) is 6.05. The Bertz CT molecular complexity index is 1780. The quantitative estimate of drug-likeness (QED) is 0.130. The van der Waals surface area contributed by atoms with Crippen molar-refractivity contribution in [3.63, 3.8) is 0 Å². The number of Topliss-reactive ketones (excluding diaryl/α,β-unsaturated/α-hetero) is 3. The Labute approximate surface area is 239 Å². The third kappa shape index (κ3) is 3.40. The number of nitro benzene ring substituents is 1. The van der Waals surface area contributed by atoms with E-state index < -0.39 is 39.9 Å². The first-order valence-electron chi connectivity index (χ1n) is 13.0. The average molecular weight is 562 g/mol. The summed E-state index contributed by atoms with van der Waals surface area (Å²) in [5.74, 6) is -2.14. The number of hydrazone groups is 1. The van der Waals surface area contributed by atoms with Gasteiger partial charge in [0.05, 0.1) is 17.2 Å². The lowest BCUT2D eigenvalue weighted by atomic mass is 9.63. The second-order valence-corrected chi connectivity index (χ2v) is 10.8. The number of non-ortho nitro benzene ring substituents is 1. The Morgan fingerprint density at radius 1 is 0.854 bits per heavy atom. The molecule has 7 rings (SSSR count). The zero-order valence-electron chi connectivity index (χ0n) is 21.3. The van der Waals surface area contributed by atoms with E-state index in [1.54, 1.807) is 59.8 Å². The number of ketones is 3. The fourth-order valence-corrected chi connectivity index (χ4v) is 6.86. The topological polar surface area (TPSA) is 110 Å². The minimum absolute atomic E-state index is 0.144. The van der Waals surface area contributed by atoms with Crippen LogP contribution in [0.15, 0.2) is 102 Å². The molecule has 3 aliphatic rings. The molecule has 1 spiro atoms. The molecule has 0 N–H and O–H groups in total. The summed E-state index contributed by atoms with van der Waals surface area (Å²) in [4.78, 5) is 54.7. The molecule has 0 bridgehead atoms. The second kappa shape index (κ2) is 9.04. The molecule has 200 valence electrons. The number of benzene rings is 4. The Morgan fingerprint density at radius 3 is 2.10 bits per heavy atom. The zero-order chi connectivity index (χ0) is 28.5. The molecule has 1 saturated heterocycles. The molecule has 3 atom stereocenters. The van der Waals surface area contributed by atoms with Gasteiger partial charge in [0.15, 0.2) is 17.3 Å². The molecule has 0 aromatic heterocycles. The molecule has 41 heavy (non-hydrogen) atoms. The van der Waals surface area contributed by atoms with Gasteiger partial charge in [-0.2, -0.15) is 5.10 Å². The van der Waals surface area contributed by atoms with E-state index in [0.717, 1.165) is 5.56 Å². The van der Waals surface area contributed by atoms with Gasteiger partial charge >= 0.3 is 0 Å². The molecule has 1 unspecified atom stereocenters. The highest BCUT2D eigenvalue weighted by molar-refractivity contribution is 6.32. The molecule has 1 fully saturated rings. The van der Waals surface area contributed by atoms with E-state index in [9.17, 15) is 24.5 Å². The number of carbonyl (C=O) groups excluding carboxylic acids is 3. The Kier molecular flexibility index (Phi) is 5.52. The van der Waals surface area contributed by atoms with Gasteiger partial charge in [0.25, 0.3) is 5.69 Å². The summed E-state index contributed by atoms with van der Waals surface area (Å²) in [6, 6.07) is 24.2. The van der Waals surface area contributed by atoms with Crippen LogP contribution in [0.4, 0.5) is 5.69 Å². The number of halogens is 1. The molecular formula is C32H20ClN3O5. The lowest BCUT2D eigenvalue weighted by Crippen LogP contribution is -2.43. The Morgan fingerprint density at radius 2 is 1.46 bits per heavy atom. The van der Waals surface area contributed by atoms with Crippen LogP contribution < -0.4 is 0 Å². The van der Waals surface area contributed by atoms with Crippen molar-refractivity contribution < 1.29 is 19.3 Å². The number of nitro groups is 1. The molecule has 2 heterocycles. The Balaban J connectivity index is 1.54. The van der Waals surface area contributed by atoms with Crippen LogP contribution in [0.5, 0.6) is 0 Å². The number of fused-ring (bicyclic) bond motifs is 5. The summed E-state index contributed by atoms with van der Waals surface area (Å²) in [6.07, 6.45) is 1.64. The highest BCUT2D eigenvalue weighted by Gasteiger charge is 2.72. The van der Waals surface area contributed by atoms with Gasteiger partial charge in [0.2, 0.25) is 0 Å². The SMILES string of the molecule is O=C(c1ccc(Cl)cc1)[C@@H]1[C@@H](c2ccc([N+](=O)[O-])cc2)C2(C(=O)c3ccccc3C2=O)C2c3ccccc3C=NN21. The van der Waals surface area contributed by atoms with Crippen molar-refractivity contribution >= 4 is 40.9 Å². The Hall–Kier alpha value is -4.95. The number of nitrogens with zero attached hydrogens (tertiary/aromatic N) is 3. The predicted molar refractivity (Wildman–Crippen MR) is 152 cm³/mol. The van der Waals surface area contributed by atoms with Crippen molar-refractivity contribution in [3.8, 4) is 0 Å². The van der Waals surface area contributed by atoms with Gasteiger partial charge in [-0.15, -0.1) is 0 Å². The molecular weight excluding hydrogens is 542 g/mol. The fraction of sp³-hybridized carbons (Fsp3) is 0.125. The first-order chi connectivity index (χ1) is 19.8. The lowest BCUT2D eigenvalue weighted by Gasteiger charge is -2.36. The summed E-state index contributed by atoms with van der Waals surface area (Å²) >= 11 is 6.11. The maximum Gasteiger partial charge on any atom is 0.269 e. The van der Waals surface area contributed by atoms with E-state index >= 15 is 0 Å². The minimum Gasteiger partial charge on any atom is -0.293 e. The fourth-order valence-electron chi connectivity index (χ4n) is 6.74. The maximum absolute atomic E-state index is 14.7.